The van der Waals surface area contributed by atoms with Gasteiger partial charge in [-0.15, -0.1) is 0 Å². The van der Waals surface area contributed by atoms with E-state index in [0.29, 0.717) is 0 Å². The molecule has 1 aliphatic rings. The molecule has 1 rings (SSSR count). The van der Waals surface area contributed by atoms with Crippen LogP contribution in [0.3, 0.4) is 0 Å². The lowest BCUT2D eigenvalue weighted by Crippen LogP contribution is -2.47. The van der Waals surface area contributed by atoms with Crippen molar-refractivity contribution in [2.45, 2.75) is 31.9 Å². The molecule has 0 bridgehead atoms. The zero-order valence-electron chi connectivity index (χ0n) is 7.41. The third kappa shape index (κ3) is 2.43. The third-order valence-electron chi connectivity index (χ3n) is 2.15. The van der Waals surface area contributed by atoms with Crippen molar-refractivity contribution in [3.05, 3.63) is 0 Å². The van der Waals surface area contributed by atoms with Gasteiger partial charge in [-0.05, 0) is 19.8 Å². The third-order valence-corrected chi connectivity index (χ3v) is 3.61. The number of sulfonamides is 1. The summed E-state index contributed by atoms with van der Waals surface area (Å²) in [6.45, 7) is 1.63. The van der Waals surface area contributed by atoms with Crippen molar-refractivity contribution in [2.24, 2.45) is 0 Å². The first-order valence-electron chi connectivity index (χ1n) is 4.10. The molecule has 1 fully saturated rings. The fraction of sp³-hybridized carbons (Fsp3) is 1.00. The monoisotopic (exact) mass is 193 g/mol. The Bertz CT molecular complexity index is 231. The van der Waals surface area contributed by atoms with E-state index >= 15 is 0 Å². The van der Waals surface area contributed by atoms with Crippen molar-refractivity contribution in [3.8, 4) is 0 Å². The first-order valence-corrected chi connectivity index (χ1v) is 5.75. The molecule has 0 aromatic heterocycles. The lowest BCUT2D eigenvalue weighted by molar-refractivity contribution is 0.0236. The number of ether oxygens (including phenoxy) is 1. The Morgan fingerprint density at radius 1 is 1.50 bits per heavy atom. The molecule has 1 aliphatic carbocycles. The first-order chi connectivity index (χ1) is 5.57. The van der Waals surface area contributed by atoms with Crippen LogP contribution < -0.4 is 4.72 Å². The Morgan fingerprint density at radius 3 is 2.50 bits per heavy atom. The SMILES string of the molecule is CCS(=O)(=O)NC1CC(OC)C1. The lowest BCUT2D eigenvalue weighted by atomic mass is 9.90. The van der Waals surface area contributed by atoms with Gasteiger partial charge in [-0.25, -0.2) is 13.1 Å². The van der Waals surface area contributed by atoms with Gasteiger partial charge in [0.2, 0.25) is 10.0 Å². The molecule has 5 heteroatoms. The Kier molecular flexibility index (Phi) is 3.09. The average Bonchev–Trinajstić information content (AvgIpc) is 1.96. The van der Waals surface area contributed by atoms with Gasteiger partial charge in [-0.1, -0.05) is 0 Å². The molecule has 72 valence electrons. The fourth-order valence-corrected chi connectivity index (χ4v) is 2.06. The standard InChI is InChI=1S/C7H15NO3S/c1-3-12(9,10)8-6-4-7(5-6)11-2/h6-8H,3-5H2,1-2H3. The van der Waals surface area contributed by atoms with Gasteiger partial charge < -0.3 is 4.74 Å². The van der Waals surface area contributed by atoms with Gasteiger partial charge in [0, 0.05) is 13.2 Å². The van der Waals surface area contributed by atoms with E-state index in [1.165, 1.54) is 0 Å². The van der Waals surface area contributed by atoms with Gasteiger partial charge in [-0.2, -0.15) is 0 Å². The van der Waals surface area contributed by atoms with Gasteiger partial charge in [0.25, 0.3) is 0 Å². The van der Waals surface area contributed by atoms with E-state index in [1.807, 2.05) is 0 Å². The maximum atomic E-state index is 11.0. The number of hydrogen-bond donors (Lipinski definition) is 1. The van der Waals surface area contributed by atoms with E-state index in [0.717, 1.165) is 12.8 Å². The molecule has 4 nitrogen and oxygen atoms in total. The molecule has 0 radical (unpaired) electrons. The lowest BCUT2D eigenvalue weighted by Gasteiger charge is -2.34. The molecule has 0 spiro atoms. The van der Waals surface area contributed by atoms with Crippen LogP contribution in [0.25, 0.3) is 0 Å². The zero-order valence-corrected chi connectivity index (χ0v) is 8.23. The predicted molar refractivity (Wildman–Crippen MR) is 46.4 cm³/mol. The Balaban J connectivity index is 2.28. The van der Waals surface area contributed by atoms with Gasteiger partial charge in [0.15, 0.2) is 0 Å². The van der Waals surface area contributed by atoms with Gasteiger partial charge in [0.05, 0.1) is 11.9 Å². The number of methoxy groups -OCH3 is 1. The largest absolute Gasteiger partial charge is 0.381 e. The second kappa shape index (κ2) is 3.72. The molecule has 12 heavy (non-hydrogen) atoms. The smallest absolute Gasteiger partial charge is 0.211 e. The summed E-state index contributed by atoms with van der Waals surface area (Å²) in [6.07, 6.45) is 1.85. The van der Waals surface area contributed by atoms with Gasteiger partial charge in [-0.3, -0.25) is 0 Å². The van der Waals surface area contributed by atoms with Crippen LogP contribution in [-0.2, 0) is 14.8 Å². The van der Waals surface area contributed by atoms with Crippen molar-refractivity contribution in [1.82, 2.24) is 4.72 Å². The Morgan fingerprint density at radius 2 is 2.08 bits per heavy atom. The second-order valence-corrected chi connectivity index (χ2v) is 5.09. The van der Waals surface area contributed by atoms with Crippen LogP contribution >= 0.6 is 0 Å². The molecule has 0 heterocycles. The normalized spacial score (nSPS) is 29.8. The fourth-order valence-electron chi connectivity index (χ4n) is 1.19. The van der Waals surface area contributed by atoms with Crippen molar-refractivity contribution < 1.29 is 13.2 Å². The molecular weight excluding hydrogens is 178 g/mol. The van der Waals surface area contributed by atoms with E-state index in [4.69, 9.17) is 4.74 Å². The van der Waals surface area contributed by atoms with Crippen molar-refractivity contribution in [2.75, 3.05) is 12.9 Å². The number of nitrogens with one attached hydrogen (secondary N) is 1. The first kappa shape index (κ1) is 9.95. The summed E-state index contributed by atoms with van der Waals surface area (Å²) in [5.41, 5.74) is 0. The molecule has 1 saturated carbocycles. The molecule has 0 atom stereocenters. The van der Waals surface area contributed by atoms with Crippen LogP contribution in [-0.4, -0.2) is 33.4 Å². The molecule has 0 aromatic carbocycles. The summed E-state index contributed by atoms with van der Waals surface area (Å²) in [4.78, 5) is 0. The highest BCUT2D eigenvalue weighted by molar-refractivity contribution is 7.89. The highest BCUT2D eigenvalue weighted by Gasteiger charge is 2.31. The van der Waals surface area contributed by atoms with E-state index in [1.54, 1.807) is 14.0 Å². The minimum atomic E-state index is -3.02. The molecule has 0 unspecified atom stereocenters. The van der Waals surface area contributed by atoms with Crippen molar-refractivity contribution in [3.63, 3.8) is 0 Å². The predicted octanol–water partition coefficient (Wildman–Crippen LogP) is 0.103. The van der Waals surface area contributed by atoms with E-state index in [-0.39, 0.29) is 17.9 Å². The van der Waals surface area contributed by atoms with Crippen molar-refractivity contribution >= 4 is 10.0 Å². The summed E-state index contributed by atoms with van der Waals surface area (Å²) >= 11 is 0. The van der Waals surface area contributed by atoms with E-state index < -0.39 is 10.0 Å². The summed E-state index contributed by atoms with van der Waals surface area (Å²) in [5.74, 6) is 0.154. The minimum Gasteiger partial charge on any atom is -0.381 e. The maximum absolute atomic E-state index is 11.0. The van der Waals surface area contributed by atoms with Gasteiger partial charge >= 0.3 is 0 Å². The van der Waals surface area contributed by atoms with Crippen LogP contribution in [0.4, 0.5) is 0 Å². The summed E-state index contributed by atoms with van der Waals surface area (Å²) in [5, 5.41) is 0. The topological polar surface area (TPSA) is 55.4 Å². The Labute approximate surface area is 73.3 Å². The van der Waals surface area contributed by atoms with E-state index in [2.05, 4.69) is 4.72 Å². The van der Waals surface area contributed by atoms with Gasteiger partial charge in [0.1, 0.15) is 0 Å². The van der Waals surface area contributed by atoms with E-state index in [9.17, 15) is 8.42 Å². The molecule has 0 aliphatic heterocycles. The molecular formula is C7H15NO3S. The minimum absolute atomic E-state index is 0.0971. The highest BCUT2D eigenvalue weighted by Crippen LogP contribution is 2.22. The molecule has 0 saturated heterocycles. The zero-order chi connectivity index (χ0) is 9.19. The summed E-state index contributed by atoms with van der Waals surface area (Å²) in [7, 11) is -1.37. The summed E-state index contributed by atoms with van der Waals surface area (Å²) in [6, 6.07) is 0.0971. The van der Waals surface area contributed by atoms with Crippen LogP contribution in [0.15, 0.2) is 0 Å². The number of rotatable bonds is 4. The highest BCUT2D eigenvalue weighted by atomic mass is 32.2. The van der Waals surface area contributed by atoms with Crippen LogP contribution in [0.2, 0.25) is 0 Å². The van der Waals surface area contributed by atoms with Crippen LogP contribution in [0.5, 0.6) is 0 Å². The molecule has 1 N–H and O–H groups in total. The maximum Gasteiger partial charge on any atom is 0.211 e. The average molecular weight is 193 g/mol. The molecule has 0 aromatic rings. The second-order valence-electron chi connectivity index (χ2n) is 3.05. The van der Waals surface area contributed by atoms with Crippen LogP contribution in [0, 0.1) is 0 Å². The summed E-state index contributed by atoms with van der Waals surface area (Å²) < 4.78 is 29.7. The number of hydrogen-bond acceptors (Lipinski definition) is 3. The molecule has 0 amide bonds. The van der Waals surface area contributed by atoms with Crippen molar-refractivity contribution in [1.29, 1.82) is 0 Å². The van der Waals surface area contributed by atoms with Crippen LogP contribution in [0.1, 0.15) is 19.8 Å². The Hall–Kier alpha value is -0.130. The quantitative estimate of drug-likeness (QED) is 0.689.